The number of aliphatic hydroxyl groups is 1. The molecule has 1 aliphatic rings. The Bertz CT molecular complexity index is 686. The monoisotopic (exact) mass is 342 g/mol. The van der Waals surface area contributed by atoms with E-state index in [1.54, 1.807) is 13.1 Å². The number of benzene rings is 1. The summed E-state index contributed by atoms with van der Waals surface area (Å²) < 4.78 is 1.89. The van der Waals surface area contributed by atoms with Crippen LogP contribution in [0.4, 0.5) is 0 Å². The highest BCUT2D eigenvalue weighted by Crippen LogP contribution is 2.21. The van der Waals surface area contributed by atoms with Crippen molar-refractivity contribution in [2.45, 2.75) is 31.4 Å². The highest BCUT2D eigenvalue weighted by molar-refractivity contribution is 5.91. The number of β-amino-alcohol motifs (C(OH)–C–C–N with tert-alkyl or cyclic N) is 1. The molecule has 6 nitrogen and oxygen atoms in total. The maximum atomic E-state index is 11.7. The van der Waals surface area contributed by atoms with Crippen LogP contribution in [-0.4, -0.2) is 58.5 Å². The Morgan fingerprint density at radius 3 is 2.92 bits per heavy atom. The summed E-state index contributed by atoms with van der Waals surface area (Å²) in [6, 6.07) is 12.1. The van der Waals surface area contributed by atoms with Gasteiger partial charge in [0.2, 0.25) is 0 Å². The molecule has 1 aromatic heterocycles. The number of nitrogens with zero attached hydrogens (tertiary/aromatic N) is 3. The molecular weight excluding hydrogens is 316 g/mol. The van der Waals surface area contributed by atoms with Gasteiger partial charge in [-0.25, -0.2) is 0 Å². The average Bonchev–Trinajstić information content (AvgIpc) is 3.12. The zero-order valence-electron chi connectivity index (χ0n) is 14.6. The summed E-state index contributed by atoms with van der Waals surface area (Å²) in [5.41, 5.74) is 1.61. The summed E-state index contributed by atoms with van der Waals surface area (Å²) >= 11 is 0. The standard InChI is InChI=1S/C19H26N4O2/c1-20-19(25)18-9-11-23(21-18)16-8-5-10-22(13-16)14-17(24)12-15-6-3-2-4-7-15/h2-4,6-7,9,11,16-17,24H,5,8,10,12-14H2,1H3,(H,20,25)/t16-,17-/m1/s1. The van der Waals surface area contributed by atoms with Crippen molar-refractivity contribution >= 4 is 5.91 Å². The normalized spacial score (nSPS) is 19.5. The molecule has 2 heterocycles. The molecule has 1 fully saturated rings. The number of likely N-dealkylation sites (tertiary alicyclic amines) is 1. The predicted molar refractivity (Wildman–Crippen MR) is 96.5 cm³/mol. The van der Waals surface area contributed by atoms with Gasteiger partial charge in [-0.3, -0.25) is 14.4 Å². The number of piperidine rings is 1. The van der Waals surface area contributed by atoms with Crippen molar-refractivity contribution in [3.63, 3.8) is 0 Å². The predicted octanol–water partition coefficient (Wildman–Crippen LogP) is 1.48. The number of carbonyl (C=O) groups excluding carboxylic acids is 1. The number of hydrogen-bond acceptors (Lipinski definition) is 4. The second-order valence-electron chi connectivity index (χ2n) is 6.66. The molecule has 2 N–H and O–H groups in total. The lowest BCUT2D eigenvalue weighted by Crippen LogP contribution is -2.41. The highest BCUT2D eigenvalue weighted by atomic mass is 16.3. The molecule has 134 valence electrons. The molecule has 1 aromatic carbocycles. The first-order valence-corrected chi connectivity index (χ1v) is 8.87. The molecule has 0 saturated carbocycles. The topological polar surface area (TPSA) is 70.4 Å². The average molecular weight is 342 g/mol. The molecule has 0 aliphatic carbocycles. The maximum Gasteiger partial charge on any atom is 0.271 e. The first kappa shape index (κ1) is 17.6. The Balaban J connectivity index is 1.55. The highest BCUT2D eigenvalue weighted by Gasteiger charge is 2.24. The van der Waals surface area contributed by atoms with Crippen molar-refractivity contribution in [3.8, 4) is 0 Å². The second-order valence-corrected chi connectivity index (χ2v) is 6.66. The van der Waals surface area contributed by atoms with Crippen molar-refractivity contribution in [2.75, 3.05) is 26.7 Å². The molecular formula is C19H26N4O2. The third-order valence-corrected chi connectivity index (χ3v) is 4.71. The van der Waals surface area contributed by atoms with Crippen molar-refractivity contribution in [2.24, 2.45) is 0 Å². The summed E-state index contributed by atoms with van der Waals surface area (Å²) in [6.07, 6.45) is 4.28. The number of nitrogens with one attached hydrogen (secondary N) is 1. The van der Waals surface area contributed by atoms with Gasteiger partial charge in [0.15, 0.2) is 0 Å². The quantitative estimate of drug-likeness (QED) is 0.834. The molecule has 6 heteroatoms. The molecule has 0 spiro atoms. The Kier molecular flexibility index (Phi) is 5.83. The van der Waals surface area contributed by atoms with Crippen LogP contribution in [0.25, 0.3) is 0 Å². The first-order chi connectivity index (χ1) is 12.2. The Labute approximate surface area is 148 Å². The number of carbonyl (C=O) groups is 1. The first-order valence-electron chi connectivity index (χ1n) is 8.87. The van der Waals surface area contributed by atoms with E-state index in [2.05, 4.69) is 15.3 Å². The molecule has 0 unspecified atom stereocenters. The Morgan fingerprint density at radius 1 is 1.36 bits per heavy atom. The molecule has 2 atom stereocenters. The van der Waals surface area contributed by atoms with E-state index in [0.29, 0.717) is 18.7 Å². The minimum atomic E-state index is -0.375. The number of aromatic nitrogens is 2. The fourth-order valence-corrected chi connectivity index (χ4v) is 3.45. The van der Waals surface area contributed by atoms with Gasteiger partial charge in [0, 0.05) is 26.3 Å². The van der Waals surface area contributed by atoms with Crippen LogP contribution in [0.1, 0.15) is 34.9 Å². The summed E-state index contributed by atoms with van der Waals surface area (Å²) in [4.78, 5) is 14.0. The van der Waals surface area contributed by atoms with Gasteiger partial charge in [-0.1, -0.05) is 30.3 Å². The van der Waals surface area contributed by atoms with E-state index < -0.39 is 0 Å². The van der Waals surface area contributed by atoms with Crippen molar-refractivity contribution < 1.29 is 9.90 Å². The largest absolute Gasteiger partial charge is 0.391 e. The van der Waals surface area contributed by atoms with Gasteiger partial charge in [-0.2, -0.15) is 5.10 Å². The molecule has 25 heavy (non-hydrogen) atoms. The van der Waals surface area contributed by atoms with E-state index in [0.717, 1.165) is 31.5 Å². The molecule has 2 aromatic rings. The second kappa shape index (κ2) is 8.27. The lowest BCUT2D eigenvalue weighted by molar-refractivity contribution is 0.0839. The number of rotatable bonds is 6. The van der Waals surface area contributed by atoms with Gasteiger partial charge in [0.1, 0.15) is 5.69 Å². The van der Waals surface area contributed by atoms with Gasteiger partial charge >= 0.3 is 0 Å². The Hall–Kier alpha value is -2.18. The lowest BCUT2D eigenvalue weighted by Gasteiger charge is -2.34. The SMILES string of the molecule is CNC(=O)c1ccn([C@@H]2CCCN(C[C@H](O)Cc3ccccc3)C2)n1. The summed E-state index contributed by atoms with van der Waals surface area (Å²) in [7, 11) is 1.61. The Morgan fingerprint density at radius 2 is 2.16 bits per heavy atom. The molecule has 0 radical (unpaired) electrons. The van der Waals surface area contributed by atoms with E-state index in [9.17, 15) is 9.90 Å². The van der Waals surface area contributed by atoms with Crippen LogP contribution in [0.15, 0.2) is 42.6 Å². The fraction of sp³-hybridized carbons (Fsp3) is 0.474. The van der Waals surface area contributed by atoms with Crippen LogP contribution in [0, 0.1) is 0 Å². The van der Waals surface area contributed by atoms with Crippen molar-refractivity contribution in [3.05, 3.63) is 53.9 Å². The van der Waals surface area contributed by atoms with Crippen molar-refractivity contribution in [1.29, 1.82) is 0 Å². The molecule has 1 aliphatic heterocycles. The van der Waals surface area contributed by atoms with Crippen molar-refractivity contribution in [1.82, 2.24) is 20.0 Å². The lowest BCUT2D eigenvalue weighted by atomic mass is 10.0. The van der Waals surface area contributed by atoms with Gasteiger partial charge in [0.25, 0.3) is 5.91 Å². The van der Waals surface area contributed by atoms with Gasteiger partial charge < -0.3 is 10.4 Å². The van der Waals surface area contributed by atoms with Crippen LogP contribution < -0.4 is 5.32 Å². The maximum absolute atomic E-state index is 11.7. The molecule has 1 saturated heterocycles. The van der Waals surface area contributed by atoms with Crippen LogP contribution in [0.3, 0.4) is 0 Å². The summed E-state index contributed by atoms with van der Waals surface area (Å²) in [5, 5.41) is 17.4. The smallest absolute Gasteiger partial charge is 0.271 e. The van der Waals surface area contributed by atoms with Gasteiger partial charge in [0.05, 0.1) is 12.1 Å². The van der Waals surface area contributed by atoms with Crippen LogP contribution >= 0.6 is 0 Å². The van der Waals surface area contributed by atoms with E-state index in [1.807, 2.05) is 41.2 Å². The third-order valence-electron chi connectivity index (χ3n) is 4.71. The molecule has 0 bridgehead atoms. The van der Waals surface area contributed by atoms with E-state index in [-0.39, 0.29) is 18.1 Å². The van der Waals surface area contributed by atoms with E-state index >= 15 is 0 Å². The summed E-state index contributed by atoms with van der Waals surface area (Å²) in [5.74, 6) is -0.162. The van der Waals surface area contributed by atoms with E-state index in [1.165, 1.54) is 0 Å². The van der Waals surface area contributed by atoms with Crippen LogP contribution in [0.5, 0.6) is 0 Å². The van der Waals surface area contributed by atoms with Crippen LogP contribution in [-0.2, 0) is 6.42 Å². The van der Waals surface area contributed by atoms with Gasteiger partial charge in [-0.15, -0.1) is 0 Å². The van der Waals surface area contributed by atoms with Gasteiger partial charge in [-0.05, 0) is 37.4 Å². The minimum absolute atomic E-state index is 0.162. The number of hydrogen-bond donors (Lipinski definition) is 2. The zero-order chi connectivity index (χ0) is 17.6. The number of aliphatic hydroxyl groups excluding tert-OH is 1. The third kappa shape index (κ3) is 4.67. The molecule has 3 rings (SSSR count). The van der Waals surface area contributed by atoms with Crippen LogP contribution in [0.2, 0.25) is 0 Å². The number of amides is 1. The summed E-state index contributed by atoms with van der Waals surface area (Å²) in [6.45, 7) is 2.50. The van der Waals surface area contributed by atoms with E-state index in [4.69, 9.17) is 0 Å². The fourth-order valence-electron chi connectivity index (χ4n) is 3.45. The zero-order valence-corrected chi connectivity index (χ0v) is 14.6. The molecule has 1 amide bonds. The minimum Gasteiger partial charge on any atom is -0.391 e.